The van der Waals surface area contributed by atoms with Crippen molar-refractivity contribution in [2.24, 2.45) is 11.3 Å². The molecule has 17 heavy (non-hydrogen) atoms. The molecule has 1 unspecified atom stereocenters. The number of rotatable bonds is 3. The molecular weight excluding hydrogens is 231 g/mol. The van der Waals surface area contributed by atoms with Crippen LogP contribution in [0.3, 0.4) is 0 Å². The van der Waals surface area contributed by atoms with Crippen molar-refractivity contribution in [2.75, 3.05) is 13.1 Å². The molecule has 0 aromatic rings. The molecule has 0 aromatic carbocycles. The van der Waals surface area contributed by atoms with E-state index in [1.54, 1.807) is 0 Å². The van der Waals surface area contributed by atoms with Gasteiger partial charge in [0.05, 0.1) is 0 Å². The van der Waals surface area contributed by atoms with Gasteiger partial charge in [-0.2, -0.15) is 13.2 Å². The highest BCUT2D eigenvalue weighted by molar-refractivity contribution is 5.86. The standard InChI is InChI=1S/C12H18F3NO/c13-12(14,15)11(5-6-16-8-11)10(17)7-9-3-1-2-4-9/h9,16H,1-8H2. The SMILES string of the molecule is O=C(CC1CCCC1)C1(C(F)(F)F)CCNC1. The van der Waals surface area contributed by atoms with Crippen LogP contribution in [0.25, 0.3) is 0 Å². The second-order valence-corrected chi connectivity index (χ2v) is 5.28. The Kier molecular flexibility index (Phi) is 3.48. The van der Waals surface area contributed by atoms with E-state index < -0.39 is 17.4 Å². The average molecular weight is 249 g/mol. The van der Waals surface area contributed by atoms with Crippen LogP contribution in [-0.4, -0.2) is 25.0 Å². The number of hydrogen-bond donors (Lipinski definition) is 1. The van der Waals surface area contributed by atoms with Crippen LogP contribution in [-0.2, 0) is 4.79 Å². The number of hydrogen-bond acceptors (Lipinski definition) is 2. The normalized spacial score (nSPS) is 31.0. The molecule has 1 N–H and O–H groups in total. The maximum atomic E-state index is 13.1. The maximum Gasteiger partial charge on any atom is 0.402 e. The lowest BCUT2D eigenvalue weighted by atomic mass is 9.78. The van der Waals surface area contributed by atoms with Gasteiger partial charge in [-0.15, -0.1) is 0 Å². The summed E-state index contributed by atoms with van der Waals surface area (Å²) in [5.41, 5.74) is -2.10. The van der Waals surface area contributed by atoms with Gasteiger partial charge in [0, 0.05) is 13.0 Å². The van der Waals surface area contributed by atoms with Crippen LogP contribution < -0.4 is 5.32 Å². The fourth-order valence-corrected chi connectivity index (χ4v) is 3.00. The lowest BCUT2D eigenvalue weighted by molar-refractivity contribution is -0.215. The fourth-order valence-electron chi connectivity index (χ4n) is 3.00. The molecule has 2 fully saturated rings. The molecule has 2 rings (SSSR count). The highest BCUT2D eigenvalue weighted by Crippen LogP contribution is 2.45. The van der Waals surface area contributed by atoms with Gasteiger partial charge < -0.3 is 5.32 Å². The average Bonchev–Trinajstić information content (AvgIpc) is 2.85. The summed E-state index contributed by atoms with van der Waals surface area (Å²) in [6, 6.07) is 0. The Bertz CT molecular complexity index is 289. The third kappa shape index (κ3) is 2.34. The lowest BCUT2D eigenvalue weighted by Gasteiger charge is -2.30. The van der Waals surface area contributed by atoms with E-state index in [9.17, 15) is 18.0 Å². The summed E-state index contributed by atoms with van der Waals surface area (Å²) in [6.45, 7) is 0.0535. The molecule has 0 bridgehead atoms. The number of carbonyl (C=O) groups is 1. The summed E-state index contributed by atoms with van der Waals surface area (Å²) < 4.78 is 39.2. The first-order chi connectivity index (χ1) is 7.96. The first-order valence-corrected chi connectivity index (χ1v) is 6.26. The van der Waals surface area contributed by atoms with Gasteiger partial charge in [-0.05, 0) is 18.9 Å². The molecule has 1 aliphatic carbocycles. The molecule has 1 aliphatic heterocycles. The molecule has 0 radical (unpaired) electrons. The fraction of sp³-hybridized carbons (Fsp3) is 0.917. The smallest absolute Gasteiger partial charge is 0.315 e. The van der Waals surface area contributed by atoms with E-state index in [1.807, 2.05) is 0 Å². The summed E-state index contributed by atoms with van der Waals surface area (Å²) in [4.78, 5) is 12.0. The summed E-state index contributed by atoms with van der Waals surface area (Å²) in [5, 5.41) is 2.68. The van der Waals surface area contributed by atoms with E-state index in [0.717, 1.165) is 25.7 Å². The molecule has 1 saturated carbocycles. The van der Waals surface area contributed by atoms with E-state index in [-0.39, 0.29) is 31.8 Å². The van der Waals surface area contributed by atoms with Crippen LogP contribution in [0.4, 0.5) is 13.2 Å². The van der Waals surface area contributed by atoms with Gasteiger partial charge in [-0.3, -0.25) is 4.79 Å². The van der Waals surface area contributed by atoms with Crippen LogP contribution in [0.15, 0.2) is 0 Å². The van der Waals surface area contributed by atoms with Gasteiger partial charge in [0.1, 0.15) is 11.2 Å². The molecule has 0 amide bonds. The second-order valence-electron chi connectivity index (χ2n) is 5.28. The Labute approximate surface area is 98.9 Å². The molecule has 1 heterocycles. The van der Waals surface area contributed by atoms with Gasteiger partial charge in [0.15, 0.2) is 0 Å². The maximum absolute atomic E-state index is 13.1. The molecule has 1 atom stereocenters. The quantitative estimate of drug-likeness (QED) is 0.833. The third-order valence-corrected chi connectivity index (χ3v) is 4.18. The van der Waals surface area contributed by atoms with Crippen LogP contribution in [0.2, 0.25) is 0 Å². The molecule has 1 saturated heterocycles. The second kappa shape index (κ2) is 4.59. The van der Waals surface area contributed by atoms with E-state index in [4.69, 9.17) is 0 Å². The number of halogens is 3. The number of Topliss-reactive ketones (excluding diaryl/α,β-unsaturated/α-hetero) is 1. The van der Waals surface area contributed by atoms with E-state index >= 15 is 0 Å². The number of carbonyl (C=O) groups excluding carboxylic acids is 1. The highest BCUT2D eigenvalue weighted by Gasteiger charge is 2.60. The number of ketones is 1. The minimum Gasteiger partial charge on any atom is -0.315 e. The van der Waals surface area contributed by atoms with Crippen molar-refractivity contribution in [3.8, 4) is 0 Å². The third-order valence-electron chi connectivity index (χ3n) is 4.18. The summed E-state index contributed by atoms with van der Waals surface area (Å²) >= 11 is 0. The molecule has 0 spiro atoms. The Morgan fingerprint density at radius 3 is 2.41 bits per heavy atom. The van der Waals surface area contributed by atoms with Gasteiger partial charge in [0.2, 0.25) is 0 Å². The molecule has 5 heteroatoms. The van der Waals surface area contributed by atoms with E-state index in [1.165, 1.54) is 0 Å². The minimum atomic E-state index is -4.41. The predicted molar refractivity (Wildman–Crippen MR) is 57.6 cm³/mol. The summed E-state index contributed by atoms with van der Waals surface area (Å²) in [6.07, 6.45) is -0.472. The number of nitrogens with one attached hydrogen (secondary N) is 1. The van der Waals surface area contributed by atoms with E-state index in [0.29, 0.717) is 0 Å². The van der Waals surface area contributed by atoms with Crippen molar-refractivity contribution in [3.63, 3.8) is 0 Å². The molecule has 2 aliphatic rings. The minimum absolute atomic E-state index is 0.0952. The van der Waals surface area contributed by atoms with Crippen molar-refractivity contribution in [3.05, 3.63) is 0 Å². The van der Waals surface area contributed by atoms with Crippen LogP contribution >= 0.6 is 0 Å². The van der Waals surface area contributed by atoms with Crippen LogP contribution in [0, 0.1) is 11.3 Å². The first kappa shape index (κ1) is 12.9. The van der Waals surface area contributed by atoms with Crippen molar-refractivity contribution in [1.29, 1.82) is 0 Å². The highest BCUT2D eigenvalue weighted by atomic mass is 19.4. The Hall–Kier alpha value is -0.580. The van der Waals surface area contributed by atoms with Crippen LogP contribution in [0.5, 0.6) is 0 Å². The first-order valence-electron chi connectivity index (χ1n) is 6.26. The summed E-state index contributed by atoms with van der Waals surface area (Å²) in [5.74, 6) is -0.413. The van der Waals surface area contributed by atoms with Gasteiger partial charge in [0.25, 0.3) is 0 Å². The summed E-state index contributed by atoms with van der Waals surface area (Å²) in [7, 11) is 0. The van der Waals surface area contributed by atoms with Gasteiger partial charge in [-0.25, -0.2) is 0 Å². The van der Waals surface area contributed by atoms with Crippen molar-refractivity contribution < 1.29 is 18.0 Å². The zero-order valence-electron chi connectivity index (χ0n) is 9.78. The predicted octanol–water partition coefficient (Wildman–Crippen LogP) is 2.68. The van der Waals surface area contributed by atoms with Crippen molar-refractivity contribution >= 4 is 5.78 Å². The largest absolute Gasteiger partial charge is 0.402 e. The Morgan fingerprint density at radius 2 is 1.94 bits per heavy atom. The Morgan fingerprint density at radius 1 is 1.29 bits per heavy atom. The number of alkyl halides is 3. The lowest BCUT2D eigenvalue weighted by Crippen LogP contribution is -2.47. The van der Waals surface area contributed by atoms with Gasteiger partial charge >= 0.3 is 6.18 Å². The van der Waals surface area contributed by atoms with Crippen molar-refractivity contribution in [1.82, 2.24) is 5.32 Å². The van der Waals surface area contributed by atoms with Gasteiger partial charge in [-0.1, -0.05) is 25.7 Å². The van der Waals surface area contributed by atoms with Crippen LogP contribution in [0.1, 0.15) is 38.5 Å². The zero-order valence-corrected chi connectivity index (χ0v) is 9.78. The monoisotopic (exact) mass is 249 g/mol. The molecule has 98 valence electrons. The topological polar surface area (TPSA) is 29.1 Å². The molecular formula is C12H18F3NO. The van der Waals surface area contributed by atoms with E-state index in [2.05, 4.69) is 5.32 Å². The Balaban J connectivity index is 2.08. The zero-order chi connectivity index (χ0) is 12.5. The molecule has 0 aromatic heterocycles. The molecule has 2 nitrogen and oxygen atoms in total. The van der Waals surface area contributed by atoms with Crippen molar-refractivity contribution in [2.45, 2.75) is 44.7 Å².